The summed E-state index contributed by atoms with van der Waals surface area (Å²) in [6, 6.07) is 12.4. The van der Waals surface area contributed by atoms with Gasteiger partial charge in [0.2, 0.25) is 5.91 Å². The Morgan fingerprint density at radius 2 is 1.81 bits per heavy atom. The van der Waals surface area contributed by atoms with Crippen molar-refractivity contribution in [2.45, 2.75) is 19.8 Å². The summed E-state index contributed by atoms with van der Waals surface area (Å²) in [4.78, 5) is 28.7. The number of carbonyl (C=O) groups excluding carboxylic acids is 2. The lowest BCUT2D eigenvalue weighted by atomic mass is 9.87. The summed E-state index contributed by atoms with van der Waals surface area (Å²) in [5, 5.41) is 5.63. The summed E-state index contributed by atoms with van der Waals surface area (Å²) in [5.41, 5.74) is 1.18. The Bertz CT molecular complexity index is 741. The van der Waals surface area contributed by atoms with Gasteiger partial charge in [-0.3, -0.25) is 9.59 Å². The highest BCUT2D eigenvalue weighted by Crippen LogP contribution is 2.24. The van der Waals surface area contributed by atoms with Crippen LogP contribution in [0.5, 0.6) is 0 Å². The van der Waals surface area contributed by atoms with Gasteiger partial charge in [-0.1, -0.05) is 25.1 Å². The number of nitrogens with zero attached hydrogens (tertiary/aromatic N) is 1. The SMILES string of the molecule is CC(C(=O)Nc1ccc(NC(=O)c2ccccc2)nc1)C1CCOCC1. The molecule has 6 heteroatoms. The summed E-state index contributed by atoms with van der Waals surface area (Å²) >= 11 is 0. The van der Waals surface area contributed by atoms with Gasteiger partial charge in [0.05, 0.1) is 11.9 Å². The fourth-order valence-corrected chi connectivity index (χ4v) is 3.01. The van der Waals surface area contributed by atoms with Gasteiger partial charge < -0.3 is 15.4 Å². The van der Waals surface area contributed by atoms with E-state index in [0.29, 0.717) is 23.0 Å². The molecule has 1 aliphatic heterocycles. The van der Waals surface area contributed by atoms with E-state index in [1.54, 1.807) is 42.6 Å². The molecule has 3 rings (SSSR count). The van der Waals surface area contributed by atoms with E-state index in [1.807, 2.05) is 13.0 Å². The van der Waals surface area contributed by atoms with Crippen LogP contribution in [0.4, 0.5) is 11.5 Å². The second kappa shape index (κ2) is 8.58. The van der Waals surface area contributed by atoms with E-state index in [2.05, 4.69) is 15.6 Å². The molecule has 1 aliphatic rings. The number of hydrogen-bond donors (Lipinski definition) is 2. The fourth-order valence-electron chi connectivity index (χ4n) is 3.01. The smallest absolute Gasteiger partial charge is 0.256 e. The van der Waals surface area contributed by atoms with E-state index < -0.39 is 0 Å². The molecule has 1 saturated heterocycles. The predicted molar refractivity (Wildman–Crippen MR) is 100.0 cm³/mol. The summed E-state index contributed by atoms with van der Waals surface area (Å²) < 4.78 is 5.35. The van der Waals surface area contributed by atoms with Gasteiger partial charge in [0, 0.05) is 24.7 Å². The summed E-state index contributed by atoms with van der Waals surface area (Å²) in [7, 11) is 0. The molecule has 2 amide bonds. The molecule has 1 aromatic carbocycles. The first-order chi connectivity index (χ1) is 12.6. The van der Waals surface area contributed by atoms with Gasteiger partial charge in [-0.05, 0) is 43.0 Å². The number of rotatable bonds is 5. The number of hydrogen-bond acceptors (Lipinski definition) is 4. The number of carbonyl (C=O) groups is 2. The minimum absolute atomic E-state index is 0.0141. The van der Waals surface area contributed by atoms with Crippen LogP contribution in [0.2, 0.25) is 0 Å². The molecule has 0 radical (unpaired) electrons. The fraction of sp³-hybridized carbons (Fsp3) is 0.350. The molecule has 0 bridgehead atoms. The molecule has 2 aromatic rings. The van der Waals surface area contributed by atoms with Crippen molar-refractivity contribution in [2.75, 3.05) is 23.8 Å². The average Bonchev–Trinajstić information content (AvgIpc) is 2.70. The van der Waals surface area contributed by atoms with Crippen LogP contribution in [0.25, 0.3) is 0 Å². The lowest BCUT2D eigenvalue weighted by Gasteiger charge is -2.26. The number of nitrogens with one attached hydrogen (secondary N) is 2. The number of aromatic nitrogens is 1. The molecular weight excluding hydrogens is 330 g/mol. The molecule has 0 spiro atoms. The minimum atomic E-state index is -0.219. The zero-order chi connectivity index (χ0) is 18.4. The number of amides is 2. The summed E-state index contributed by atoms with van der Waals surface area (Å²) in [6.07, 6.45) is 3.38. The standard InChI is InChI=1S/C20H23N3O3/c1-14(15-9-11-26-12-10-15)19(24)22-17-7-8-18(21-13-17)23-20(25)16-5-3-2-4-6-16/h2-8,13-15H,9-12H2,1H3,(H,22,24)(H,21,23,25). The maximum absolute atomic E-state index is 12.4. The maximum atomic E-state index is 12.4. The first-order valence-corrected chi connectivity index (χ1v) is 8.84. The van der Waals surface area contributed by atoms with E-state index in [-0.39, 0.29) is 17.7 Å². The lowest BCUT2D eigenvalue weighted by molar-refractivity contribution is -0.122. The minimum Gasteiger partial charge on any atom is -0.381 e. The highest BCUT2D eigenvalue weighted by Gasteiger charge is 2.26. The number of anilines is 2. The number of benzene rings is 1. The van der Waals surface area contributed by atoms with E-state index in [4.69, 9.17) is 4.74 Å². The third-order valence-electron chi connectivity index (χ3n) is 4.70. The predicted octanol–water partition coefficient (Wildman–Crippen LogP) is 3.34. The van der Waals surface area contributed by atoms with Crippen LogP contribution in [0.1, 0.15) is 30.1 Å². The molecule has 0 saturated carbocycles. The molecule has 2 N–H and O–H groups in total. The van der Waals surface area contributed by atoms with Crippen molar-refractivity contribution in [1.29, 1.82) is 0 Å². The Balaban J connectivity index is 1.55. The van der Waals surface area contributed by atoms with Crippen molar-refractivity contribution in [2.24, 2.45) is 11.8 Å². The third-order valence-corrected chi connectivity index (χ3v) is 4.70. The first kappa shape index (κ1) is 18.1. The molecule has 1 atom stereocenters. The Labute approximate surface area is 153 Å². The summed E-state index contributed by atoms with van der Waals surface area (Å²) in [6.45, 7) is 3.40. The van der Waals surface area contributed by atoms with Crippen LogP contribution < -0.4 is 10.6 Å². The molecule has 1 unspecified atom stereocenters. The van der Waals surface area contributed by atoms with Crippen molar-refractivity contribution in [3.63, 3.8) is 0 Å². The van der Waals surface area contributed by atoms with E-state index >= 15 is 0 Å². The van der Waals surface area contributed by atoms with E-state index in [1.165, 1.54) is 0 Å². The average molecular weight is 353 g/mol. The van der Waals surface area contributed by atoms with Gasteiger partial charge in [-0.25, -0.2) is 4.98 Å². The second-order valence-corrected chi connectivity index (χ2v) is 6.48. The Hall–Kier alpha value is -2.73. The number of pyridine rings is 1. The summed E-state index contributed by atoms with van der Waals surface area (Å²) in [5.74, 6) is 0.481. The van der Waals surface area contributed by atoms with E-state index in [9.17, 15) is 9.59 Å². The van der Waals surface area contributed by atoms with Crippen molar-refractivity contribution >= 4 is 23.3 Å². The lowest BCUT2D eigenvalue weighted by Crippen LogP contribution is -2.31. The van der Waals surface area contributed by atoms with Crippen molar-refractivity contribution < 1.29 is 14.3 Å². The zero-order valence-electron chi connectivity index (χ0n) is 14.8. The van der Waals surface area contributed by atoms with Crippen LogP contribution in [-0.2, 0) is 9.53 Å². The van der Waals surface area contributed by atoms with Crippen LogP contribution >= 0.6 is 0 Å². The molecule has 0 aliphatic carbocycles. The normalized spacial score (nSPS) is 15.9. The van der Waals surface area contributed by atoms with Crippen LogP contribution in [0.3, 0.4) is 0 Å². The first-order valence-electron chi connectivity index (χ1n) is 8.84. The Morgan fingerprint density at radius 3 is 2.46 bits per heavy atom. The van der Waals surface area contributed by atoms with Crippen molar-refractivity contribution in [3.05, 3.63) is 54.2 Å². The van der Waals surface area contributed by atoms with Gasteiger partial charge >= 0.3 is 0 Å². The van der Waals surface area contributed by atoms with Gasteiger partial charge in [-0.15, -0.1) is 0 Å². The van der Waals surface area contributed by atoms with Crippen LogP contribution in [0.15, 0.2) is 48.7 Å². The van der Waals surface area contributed by atoms with Gasteiger partial charge in [0.25, 0.3) is 5.91 Å². The second-order valence-electron chi connectivity index (χ2n) is 6.48. The highest BCUT2D eigenvalue weighted by atomic mass is 16.5. The molecule has 2 heterocycles. The highest BCUT2D eigenvalue weighted by molar-refractivity contribution is 6.03. The molecular formula is C20H23N3O3. The molecule has 1 aromatic heterocycles. The van der Waals surface area contributed by atoms with Crippen molar-refractivity contribution in [1.82, 2.24) is 4.98 Å². The molecule has 6 nitrogen and oxygen atoms in total. The zero-order valence-corrected chi connectivity index (χ0v) is 14.8. The molecule has 136 valence electrons. The van der Waals surface area contributed by atoms with Gasteiger partial charge in [0.1, 0.15) is 5.82 Å². The van der Waals surface area contributed by atoms with Crippen LogP contribution in [0, 0.1) is 11.8 Å². The maximum Gasteiger partial charge on any atom is 0.256 e. The largest absolute Gasteiger partial charge is 0.381 e. The van der Waals surface area contributed by atoms with Crippen molar-refractivity contribution in [3.8, 4) is 0 Å². The molecule has 26 heavy (non-hydrogen) atoms. The van der Waals surface area contributed by atoms with Gasteiger partial charge in [0.15, 0.2) is 0 Å². The van der Waals surface area contributed by atoms with Crippen LogP contribution in [-0.4, -0.2) is 30.0 Å². The number of ether oxygens (including phenoxy) is 1. The quantitative estimate of drug-likeness (QED) is 0.864. The van der Waals surface area contributed by atoms with E-state index in [0.717, 1.165) is 26.1 Å². The third kappa shape index (κ3) is 4.67. The monoisotopic (exact) mass is 353 g/mol. The Kier molecular flexibility index (Phi) is 5.96. The van der Waals surface area contributed by atoms with Gasteiger partial charge in [-0.2, -0.15) is 0 Å². The topological polar surface area (TPSA) is 80.3 Å². The Morgan fingerprint density at radius 1 is 1.08 bits per heavy atom. The molecule has 1 fully saturated rings.